The van der Waals surface area contributed by atoms with Crippen molar-refractivity contribution < 1.29 is 37.5 Å². The van der Waals surface area contributed by atoms with Crippen LogP contribution in [-0.4, -0.2) is 109 Å². The van der Waals surface area contributed by atoms with Gasteiger partial charge in [0.1, 0.15) is 27.8 Å². The van der Waals surface area contributed by atoms with E-state index in [0.29, 0.717) is 25.4 Å². The molecule has 1 spiro atoms. The Hall–Kier alpha value is -4.73. The molecule has 1 N–H and O–H groups in total. The van der Waals surface area contributed by atoms with Gasteiger partial charge in [0.2, 0.25) is 11.8 Å². The number of fused-ring (bicyclic) bond motifs is 4. The number of carbonyl (C=O) groups excluding carboxylic acids is 3. The maximum atomic E-state index is 15.0. The second-order valence-corrected chi connectivity index (χ2v) is 18.6. The zero-order valence-electron chi connectivity index (χ0n) is 34.6. The summed E-state index contributed by atoms with van der Waals surface area (Å²) in [5.74, 6) is -1.47. The second-order valence-electron chi connectivity index (χ2n) is 16.6. The number of carbonyl (C=O) groups is 3. The van der Waals surface area contributed by atoms with E-state index in [2.05, 4.69) is 44.2 Å². The van der Waals surface area contributed by atoms with Gasteiger partial charge in [-0.05, 0) is 80.2 Å². The summed E-state index contributed by atoms with van der Waals surface area (Å²) in [6.07, 6.45) is 9.28. The number of ether oxygens (including phenoxy) is 4. The molecule has 3 amide bonds. The third-order valence-corrected chi connectivity index (χ3v) is 14.2. The predicted octanol–water partition coefficient (Wildman–Crippen LogP) is 4.88. The largest absolute Gasteiger partial charge is 0.490 e. The summed E-state index contributed by atoms with van der Waals surface area (Å²) < 4.78 is 47.7. The first-order valence-electron chi connectivity index (χ1n) is 20.0. The lowest BCUT2D eigenvalue weighted by Gasteiger charge is -2.46. The Balaban J connectivity index is 1.33. The molecule has 0 saturated heterocycles. The summed E-state index contributed by atoms with van der Waals surface area (Å²) in [6, 6.07) is 12.0. The highest BCUT2D eigenvalue weighted by atomic mass is 32.2. The van der Waals surface area contributed by atoms with Crippen LogP contribution in [0.4, 0.5) is 5.69 Å². The Morgan fingerprint density at radius 2 is 1.90 bits per heavy atom. The first-order valence-corrected chi connectivity index (χ1v) is 21.7. The Labute approximate surface area is 341 Å². The average Bonchev–Trinajstić information content (AvgIpc) is 3.50. The summed E-state index contributed by atoms with van der Waals surface area (Å²) in [7, 11) is 4.15. The maximum Gasteiger partial charge on any atom is 0.286 e. The fourth-order valence-electron chi connectivity index (χ4n) is 8.98. The van der Waals surface area contributed by atoms with Gasteiger partial charge in [-0.15, -0.1) is 9.46 Å². The number of aromatic nitrogens is 2. The van der Waals surface area contributed by atoms with Crippen LogP contribution in [-0.2, 0) is 43.1 Å². The minimum Gasteiger partial charge on any atom is -0.490 e. The molecule has 14 nitrogen and oxygen atoms in total. The molecule has 7 atom stereocenters. The lowest BCUT2D eigenvalue weighted by atomic mass is 9.68. The molecule has 312 valence electrons. The van der Waals surface area contributed by atoms with E-state index in [0.717, 1.165) is 37.8 Å². The molecule has 1 unspecified atom stereocenters. The van der Waals surface area contributed by atoms with Crippen LogP contribution >= 0.6 is 0 Å². The molecule has 1 fully saturated rings. The number of hydrogen-bond acceptors (Lipinski definition) is 10. The Bertz CT molecular complexity index is 2210. The third kappa shape index (κ3) is 8.53. The normalized spacial score (nSPS) is 28.8. The average molecular weight is 817 g/mol. The van der Waals surface area contributed by atoms with Crippen LogP contribution in [0.2, 0.25) is 0 Å². The molecule has 3 aromatic rings. The minimum atomic E-state index is -3.85. The first-order chi connectivity index (χ1) is 27.7. The maximum absolute atomic E-state index is 15.0. The van der Waals surface area contributed by atoms with E-state index in [-0.39, 0.29) is 58.6 Å². The fourth-order valence-corrected chi connectivity index (χ4v) is 10.9. The van der Waals surface area contributed by atoms with Crippen molar-refractivity contribution in [1.82, 2.24) is 19.4 Å². The number of likely N-dealkylation sites (N-methyl/N-ethyl adjacent to an activating group) is 1. The summed E-state index contributed by atoms with van der Waals surface area (Å²) >= 11 is 0. The first kappa shape index (κ1) is 41.4. The molecule has 0 radical (unpaired) electrons. The van der Waals surface area contributed by atoms with Crippen LogP contribution in [0.1, 0.15) is 70.0 Å². The summed E-state index contributed by atoms with van der Waals surface area (Å²) in [4.78, 5) is 44.6. The number of aryl methyl sites for hydroxylation is 3. The van der Waals surface area contributed by atoms with Gasteiger partial charge in [-0.25, -0.2) is 4.21 Å². The molecule has 3 heterocycles. The van der Waals surface area contributed by atoms with Crippen LogP contribution < -0.4 is 19.1 Å². The van der Waals surface area contributed by atoms with Gasteiger partial charge in [-0.3, -0.25) is 23.8 Å². The highest BCUT2D eigenvalue weighted by molar-refractivity contribution is 7.92. The lowest BCUT2D eigenvalue weighted by Crippen LogP contribution is -2.49. The zero-order chi connectivity index (χ0) is 41.4. The number of anilines is 1. The Morgan fingerprint density at radius 3 is 2.62 bits per heavy atom. The van der Waals surface area contributed by atoms with Gasteiger partial charge < -0.3 is 28.7 Å². The number of nitrogens with zero attached hydrogens (tertiary/aromatic N) is 5. The van der Waals surface area contributed by atoms with Crippen molar-refractivity contribution >= 4 is 33.3 Å². The van der Waals surface area contributed by atoms with Gasteiger partial charge >= 0.3 is 0 Å². The van der Waals surface area contributed by atoms with Crippen molar-refractivity contribution in [3.63, 3.8) is 0 Å². The van der Waals surface area contributed by atoms with Crippen molar-refractivity contribution in [1.29, 1.82) is 0 Å². The van der Waals surface area contributed by atoms with Crippen LogP contribution in [0.3, 0.4) is 0 Å². The second kappa shape index (κ2) is 16.9. The predicted molar refractivity (Wildman–Crippen MR) is 221 cm³/mol. The van der Waals surface area contributed by atoms with E-state index >= 15 is 4.21 Å². The van der Waals surface area contributed by atoms with Crippen molar-refractivity contribution in [3.05, 3.63) is 82.6 Å². The molecule has 4 aliphatic rings. The molecule has 2 aliphatic carbocycles. The van der Waals surface area contributed by atoms with Gasteiger partial charge in [0.25, 0.3) is 11.8 Å². The van der Waals surface area contributed by atoms with Gasteiger partial charge in [0.05, 0.1) is 37.4 Å². The number of hydrogen-bond donors (Lipinski definition) is 1. The SMILES string of the molecule is COc1nn(C)cc1C(=O)NS1(=O)=NC(=O)c2ccc3c(c2)N(C[C@@H]2CC[C@H]2[C@@H](OC)/C=C/[C@H](OCC(=O)N(C)C)[C@H](C)C1)C[C@@]1(CCCc2cc(C)ccc21)CO3. The molecule has 58 heavy (non-hydrogen) atoms. The number of nitrogens with one attached hydrogen (secondary N) is 1. The van der Waals surface area contributed by atoms with Crippen LogP contribution in [0.25, 0.3) is 0 Å². The fraction of sp³-hybridized carbons (Fsp3) is 0.535. The zero-order valence-corrected chi connectivity index (χ0v) is 35.4. The molecular formula is C43H56N6O8S. The Morgan fingerprint density at radius 1 is 1.10 bits per heavy atom. The standard InChI is InChI=1S/C43H56N6O8S/c1-27-10-14-34-29(19-27)9-8-18-43(34)25-49-21-31-11-13-32(31)37(54-6)17-16-36(56-23-39(50)47(3)4)28(2)24-58(53,46-41(52)33-22-48(5)44-42(33)55-7)45-40(51)30-12-15-38(57-26-43)35(49)20-30/h10,12,14-17,19-20,22,28,31-32,36-37H,8-9,11,13,18,21,23-26H2,1-7H3,(H,45,46,51,52,53)/b17-16+/t28-,31+,32-,36+,37+,43+,58?/m1/s1. The lowest BCUT2D eigenvalue weighted by molar-refractivity contribution is -0.135. The number of amides is 3. The molecule has 15 heteroatoms. The molecule has 1 saturated carbocycles. The quantitative estimate of drug-likeness (QED) is 0.327. The topological polar surface area (TPSA) is 154 Å². The van der Waals surface area contributed by atoms with Crippen molar-refractivity contribution in [2.45, 2.75) is 63.6 Å². The highest BCUT2D eigenvalue weighted by Crippen LogP contribution is 2.47. The molecule has 1 aromatic heterocycles. The van der Waals surface area contributed by atoms with E-state index < -0.39 is 33.8 Å². The van der Waals surface area contributed by atoms with Crippen molar-refractivity contribution in [2.24, 2.45) is 29.2 Å². The summed E-state index contributed by atoms with van der Waals surface area (Å²) in [5.41, 5.74) is 4.66. The van der Waals surface area contributed by atoms with E-state index in [1.165, 1.54) is 39.6 Å². The van der Waals surface area contributed by atoms with Crippen molar-refractivity contribution in [2.75, 3.05) is 65.3 Å². The number of benzene rings is 2. The number of methoxy groups -OCH3 is 2. The van der Waals surface area contributed by atoms with E-state index in [1.807, 2.05) is 12.2 Å². The molecular weight excluding hydrogens is 761 g/mol. The van der Waals surface area contributed by atoms with Gasteiger partial charge in [-0.2, -0.15) is 0 Å². The summed E-state index contributed by atoms with van der Waals surface area (Å²) in [5, 5.41) is 4.16. The molecule has 2 aliphatic heterocycles. The summed E-state index contributed by atoms with van der Waals surface area (Å²) in [6.45, 7) is 5.58. The van der Waals surface area contributed by atoms with Gasteiger partial charge in [-0.1, -0.05) is 42.8 Å². The highest BCUT2D eigenvalue weighted by Gasteiger charge is 2.44. The van der Waals surface area contributed by atoms with E-state index in [1.54, 1.807) is 53.4 Å². The molecule has 2 aromatic carbocycles. The van der Waals surface area contributed by atoms with Crippen LogP contribution in [0, 0.1) is 24.7 Å². The van der Waals surface area contributed by atoms with Gasteiger partial charge in [0, 0.05) is 64.4 Å². The van der Waals surface area contributed by atoms with Crippen LogP contribution in [0.15, 0.2) is 59.1 Å². The molecule has 7 rings (SSSR count). The molecule has 2 bridgehead atoms. The third-order valence-electron chi connectivity index (χ3n) is 12.3. The van der Waals surface area contributed by atoms with E-state index in [4.69, 9.17) is 18.9 Å². The number of rotatable bonds is 7. The monoisotopic (exact) mass is 816 g/mol. The smallest absolute Gasteiger partial charge is 0.286 e. The van der Waals surface area contributed by atoms with Crippen LogP contribution in [0.5, 0.6) is 11.6 Å². The van der Waals surface area contributed by atoms with Gasteiger partial charge in [0.15, 0.2) is 0 Å². The Kier molecular flexibility index (Phi) is 12.0. The van der Waals surface area contributed by atoms with Crippen molar-refractivity contribution in [3.8, 4) is 11.6 Å². The van der Waals surface area contributed by atoms with E-state index in [9.17, 15) is 14.4 Å². The minimum absolute atomic E-state index is 0.0289.